The van der Waals surface area contributed by atoms with Crippen LogP contribution in [-0.2, 0) is 0 Å². The van der Waals surface area contributed by atoms with E-state index in [0.29, 0.717) is 11.4 Å². The Balaban J connectivity index is 1.96. The molecule has 29 heavy (non-hydrogen) atoms. The average molecular weight is 392 g/mol. The maximum Gasteiger partial charge on any atom is 0.336 e. The van der Waals surface area contributed by atoms with Gasteiger partial charge in [0.15, 0.2) is 5.78 Å². The van der Waals surface area contributed by atoms with E-state index in [1.54, 1.807) is 24.3 Å². The number of nitro groups is 1. The van der Waals surface area contributed by atoms with Crippen LogP contribution in [0.4, 0.5) is 17.1 Å². The summed E-state index contributed by atoms with van der Waals surface area (Å²) in [4.78, 5) is 35.1. The van der Waals surface area contributed by atoms with E-state index >= 15 is 0 Å². The number of carbonyl (C=O) groups is 2. The molecule has 0 heterocycles. The number of benzene rings is 3. The Morgan fingerprint density at radius 3 is 2.24 bits per heavy atom. The first kappa shape index (κ1) is 19.6. The van der Waals surface area contributed by atoms with Crippen LogP contribution in [0, 0.1) is 10.1 Å². The molecule has 0 spiro atoms. The summed E-state index contributed by atoms with van der Waals surface area (Å²) < 4.78 is 5.08. The number of ether oxygens (including phenoxy) is 1. The third-order valence-electron chi connectivity index (χ3n) is 4.23. The monoisotopic (exact) mass is 392 g/mol. The van der Waals surface area contributed by atoms with Crippen LogP contribution in [-0.4, -0.2) is 28.9 Å². The number of anilines is 2. The molecule has 3 aromatic rings. The molecular formula is C21H16N2O6. The van der Waals surface area contributed by atoms with Crippen LogP contribution in [0.1, 0.15) is 26.3 Å². The molecule has 0 atom stereocenters. The number of hydrogen-bond donors (Lipinski definition) is 2. The number of carboxylic acids is 1. The van der Waals surface area contributed by atoms with Gasteiger partial charge in [0, 0.05) is 22.9 Å². The van der Waals surface area contributed by atoms with E-state index in [-0.39, 0.29) is 28.1 Å². The fraction of sp³-hybridized carbons (Fsp3) is 0.0476. The topological polar surface area (TPSA) is 119 Å². The Kier molecular flexibility index (Phi) is 5.54. The van der Waals surface area contributed by atoms with E-state index in [2.05, 4.69) is 5.32 Å². The van der Waals surface area contributed by atoms with Gasteiger partial charge in [-0.05, 0) is 42.5 Å². The van der Waals surface area contributed by atoms with Crippen molar-refractivity contribution < 1.29 is 24.4 Å². The van der Waals surface area contributed by atoms with Crippen molar-refractivity contribution in [2.45, 2.75) is 0 Å². The minimum atomic E-state index is -1.25. The third-order valence-corrected chi connectivity index (χ3v) is 4.23. The summed E-state index contributed by atoms with van der Waals surface area (Å²) >= 11 is 0. The molecule has 3 aromatic carbocycles. The molecule has 0 saturated heterocycles. The largest absolute Gasteiger partial charge is 0.497 e. The number of rotatable bonds is 7. The van der Waals surface area contributed by atoms with Crippen molar-refractivity contribution in [1.82, 2.24) is 0 Å². The van der Waals surface area contributed by atoms with Crippen LogP contribution in [0.3, 0.4) is 0 Å². The highest BCUT2D eigenvalue weighted by molar-refractivity contribution is 6.14. The quantitative estimate of drug-likeness (QED) is 0.350. The van der Waals surface area contributed by atoms with Crippen molar-refractivity contribution >= 4 is 28.8 Å². The van der Waals surface area contributed by atoms with Gasteiger partial charge in [-0.3, -0.25) is 14.9 Å². The van der Waals surface area contributed by atoms with Gasteiger partial charge < -0.3 is 15.2 Å². The van der Waals surface area contributed by atoms with Crippen molar-refractivity contribution in [1.29, 1.82) is 0 Å². The normalized spacial score (nSPS) is 10.2. The zero-order valence-electron chi connectivity index (χ0n) is 15.3. The molecule has 0 bridgehead atoms. The lowest BCUT2D eigenvalue weighted by Gasteiger charge is -2.10. The van der Waals surface area contributed by atoms with Crippen molar-refractivity contribution in [2.75, 3.05) is 12.4 Å². The van der Waals surface area contributed by atoms with E-state index < -0.39 is 16.7 Å². The number of carbonyl (C=O) groups excluding carboxylic acids is 1. The summed E-state index contributed by atoms with van der Waals surface area (Å²) in [7, 11) is 1.53. The van der Waals surface area contributed by atoms with Crippen molar-refractivity contribution in [2.24, 2.45) is 0 Å². The number of carboxylic acid groups (broad SMARTS) is 1. The van der Waals surface area contributed by atoms with Gasteiger partial charge in [-0.15, -0.1) is 0 Å². The number of nitrogens with zero attached hydrogens (tertiary/aromatic N) is 1. The lowest BCUT2D eigenvalue weighted by Crippen LogP contribution is -2.10. The van der Waals surface area contributed by atoms with Gasteiger partial charge in [-0.25, -0.2) is 4.79 Å². The van der Waals surface area contributed by atoms with E-state index in [0.717, 1.165) is 6.07 Å². The van der Waals surface area contributed by atoms with Crippen LogP contribution in [0.2, 0.25) is 0 Å². The van der Waals surface area contributed by atoms with Gasteiger partial charge >= 0.3 is 5.97 Å². The smallest absolute Gasteiger partial charge is 0.336 e. The molecule has 0 aromatic heterocycles. The molecule has 0 aliphatic heterocycles. The summed E-state index contributed by atoms with van der Waals surface area (Å²) in [5.41, 5.74) is 0.309. The Hall–Kier alpha value is -4.20. The first-order valence-electron chi connectivity index (χ1n) is 8.47. The minimum Gasteiger partial charge on any atom is -0.497 e. The number of nitrogens with one attached hydrogen (secondary N) is 1. The molecular weight excluding hydrogens is 376 g/mol. The number of aromatic carboxylic acids is 1. The van der Waals surface area contributed by atoms with E-state index in [1.807, 2.05) is 0 Å². The third kappa shape index (κ3) is 4.22. The predicted molar refractivity (Wildman–Crippen MR) is 106 cm³/mol. The van der Waals surface area contributed by atoms with Crippen LogP contribution >= 0.6 is 0 Å². The summed E-state index contributed by atoms with van der Waals surface area (Å²) in [6, 6.07) is 16.5. The van der Waals surface area contributed by atoms with Crippen molar-refractivity contribution in [3.8, 4) is 5.75 Å². The zero-order valence-corrected chi connectivity index (χ0v) is 15.3. The first-order chi connectivity index (χ1) is 13.9. The Bertz CT molecular complexity index is 1090. The molecule has 0 unspecified atom stereocenters. The highest BCUT2D eigenvalue weighted by Crippen LogP contribution is 2.30. The molecule has 8 nitrogen and oxygen atoms in total. The SMILES string of the molecule is COc1ccc(Nc2ccc(C(=O)c3ccccc3C(=O)O)cc2[N+](=O)[O-])cc1. The Morgan fingerprint density at radius 2 is 1.66 bits per heavy atom. The highest BCUT2D eigenvalue weighted by atomic mass is 16.6. The Labute approximate surface area is 165 Å². The second-order valence-corrected chi connectivity index (χ2v) is 6.02. The lowest BCUT2D eigenvalue weighted by atomic mass is 9.97. The predicted octanol–water partition coefficient (Wildman–Crippen LogP) is 4.28. The van der Waals surface area contributed by atoms with Gasteiger partial charge in [0.2, 0.25) is 0 Å². The molecule has 0 aliphatic rings. The molecule has 146 valence electrons. The van der Waals surface area contributed by atoms with Crippen LogP contribution in [0.25, 0.3) is 0 Å². The molecule has 0 radical (unpaired) electrons. The van der Waals surface area contributed by atoms with Crippen LogP contribution in [0.5, 0.6) is 5.75 Å². The average Bonchev–Trinajstić information content (AvgIpc) is 2.73. The molecule has 8 heteroatoms. The molecule has 0 amide bonds. The molecule has 2 N–H and O–H groups in total. The van der Waals surface area contributed by atoms with E-state index in [9.17, 15) is 24.8 Å². The molecule has 0 aliphatic carbocycles. The van der Waals surface area contributed by atoms with E-state index in [4.69, 9.17) is 4.74 Å². The van der Waals surface area contributed by atoms with E-state index in [1.165, 1.54) is 43.5 Å². The molecule has 3 rings (SSSR count). The van der Waals surface area contributed by atoms with Gasteiger partial charge in [0.05, 0.1) is 17.6 Å². The second-order valence-electron chi connectivity index (χ2n) is 6.02. The summed E-state index contributed by atoms with van der Waals surface area (Å²) in [6.45, 7) is 0. The Morgan fingerprint density at radius 1 is 1.00 bits per heavy atom. The van der Waals surface area contributed by atoms with Gasteiger partial charge in [-0.1, -0.05) is 18.2 Å². The minimum absolute atomic E-state index is 0.0191. The van der Waals surface area contributed by atoms with Crippen LogP contribution in [0.15, 0.2) is 66.7 Å². The first-order valence-corrected chi connectivity index (χ1v) is 8.47. The maximum atomic E-state index is 12.8. The van der Waals surface area contributed by atoms with Crippen molar-refractivity contribution in [3.05, 3.63) is 93.5 Å². The molecule has 0 saturated carbocycles. The van der Waals surface area contributed by atoms with Gasteiger partial charge in [0.25, 0.3) is 5.69 Å². The number of hydrogen-bond acceptors (Lipinski definition) is 6. The number of nitro benzene ring substituents is 1. The summed E-state index contributed by atoms with van der Waals surface area (Å²) in [5.74, 6) is -1.22. The summed E-state index contributed by atoms with van der Waals surface area (Å²) in [5, 5.41) is 23.7. The highest BCUT2D eigenvalue weighted by Gasteiger charge is 2.22. The number of ketones is 1. The fourth-order valence-corrected chi connectivity index (χ4v) is 2.78. The van der Waals surface area contributed by atoms with Crippen molar-refractivity contribution in [3.63, 3.8) is 0 Å². The number of methoxy groups -OCH3 is 1. The van der Waals surface area contributed by atoms with Crippen LogP contribution < -0.4 is 10.1 Å². The van der Waals surface area contributed by atoms with Gasteiger partial charge in [-0.2, -0.15) is 0 Å². The summed E-state index contributed by atoms with van der Waals surface area (Å²) in [6.07, 6.45) is 0. The second kappa shape index (κ2) is 8.22. The fourth-order valence-electron chi connectivity index (χ4n) is 2.78. The maximum absolute atomic E-state index is 12.8. The zero-order chi connectivity index (χ0) is 21.0. The molecule has 0 fully saturated rings. The lowest BCUT2D eigenvalue weighted by molar-refractivity contribution is -0.383. The standard InChI is InChI=1S/C21H16N2O6/c1-29-15-9-7-14(8-10-15)22-18-11-6-13(12-19(18)23(27)28)20(24)16-4-2-3-5-17(16)21(25)26/h2-12,22H,1H3,(H,25,26). The van der Waals surface area contributed by atoms with Gasteiger partial charge in [0.1, 0.15) is 11.4 Å².